The molecule has 3 unspecified atom stereocenters. The van der Waals surface area contributed by atoms with Gasteiger partial charge in [-0.25, -0.2) is 9.79 Å². The zero-order chi connectivity index (χ0) is 16.7. The Hall–Kier alpha value is -1.87. The van der Waals surface area contributed by atoms with E-state index >= 15 is 0 Å². The van der Waals surface area contributed by atoms with Crippen LogP contribution >= 0.6 is 0 Å². The molecule has 3 aliphatic rings. The summed E-state index contributed by atoms with van der Waals surface area (Å²) in [6.07, 6.45) is -1.13. The van der Waals surface area contributed by atoms with E-state index in [1.807, 2.05) is 4.90 Å². The average Bonchev–Trinajstić information content (AvgIpc) is 2.85. The van der Waals surface area contributed by atoms with Crippen molar-refractivity contribution in [3.8, 4) is 0 Å². The SMILES string of the molecule is CC(O)CN1C(N2CCN(C)CC2)=NC2C1C(=O)NC(=O)N2C. The molecule has 3 amide bonds. The molecule has 23 heavy (non-hydrogen) atoms. The predicted molar refractivity (Wildman–Crippen MR) is 83.8 cm³/mol. The topological polar surface area (TPSA) is 91.7 Å². The first-order chi connectivity index (χ1) is 10.9. The van der Waals surface area contributed by atoms with E-state index in [0.29, 0.717) is 12.5 Å². The molecule has 0 radical (unpaired) electrons. The van der Waals surface area contributed by atoms with Crippen LogP contribution < -0.4 is 5.32 Å². The average molecular weight is 324 g/mol. The van der Waals surface area contributed by atoms with Crippen LogP contribution in [0.1, 0.15) is 6.92 Å². The molecule has 0 aromatic carbocycles. The molecule has 0 aromatic rings. The maximum atomic E-state index is 12.3. The van der Waals surface area contributed by atoms with Gasteiger partial charge in [0.1, 0.15) is 0 Å². The minimum Gasteiger partial charge on any atom is -0.392 e. The van der Waals surface area contributed by atoms with E-state index < -0.39 is 24.3 Å². The number of likely N-dealkylation sites (N-methyl/N-ethyl adjacent to an activating group) is 2. The van der Waals surface area contributed by atoms with Crippen LogP contribution in [0.4, 0.5) is 4.79 Å². The lowest BCUT2D eigenvalue weighted by Gasteiger charge is -2.40. The van der Waals surface area contributed by atoms with Crippen LogP contribution in [0.5, 0.6) is 0 Å². The molecule has 3 aliphatic heterocycles. The van der Waals surface area contributed by atoms with E-state index in [2.05, 4.69) is 27.2 Å². The van der Waals surface area contributed by atoms with Crippen LogP contribution in [0.15, 0.2) is 4.99 Å². The number of amides is 3. The second kappa shape index (κ2) is 5.97. The number of aliphatic imine (C=N–C) groups is 1. The molecule has 3 rings (SSSR count). The number of hydrogen-bond acceptors (Lipinski definition) is 7. The van der Waals surface area contributed by atoms with Gasteiger partial charge >= 0.3 is 6.03 Å². The highest BCUT2D eigenvalue weighted by atomic mass is 16.3. The minimum atomic E-state index is -0.595. The molecule has 2 fully saturated rings. The van der Waals surface area contributed by atoms with Crippen LogP contribution in [0.25, 0.3) is 0 Å². The fraction of sp³-hybridized carbons (Fsp3) is 0.786. The summed E-state index contributed by atoms with van der Waals surface area (Å²) in [5.41, 5.74) is 0. The van der Waals surface area contributed by atoms with Crippen LogP contribution in [-0.2, 0) is 4.79 Å². The van der Waals surface area contributed by atoms with Gasteiger partial charge < -0.3 is 24.7 Å². The second-order valence-corrected chi connectivity index (χ2v) is 6.48. The smallest absolute Gasteiger partial charge is 0.325 e. The number of β-amino-alcohol motifs (C(OH)–C–C–N with tert-alkyl or cyclic N) is 1. The monoisotopic (exact) mass is 324 g/mol. The van der Waals surface area contributed by atoms with Crippen molar-refractivity contribution in [3.05, 3.63) is 0 Å². The van der Waals surface area contributed by atoms with E-state index in [1.165, 1.54) is 4.90 Å². The van der Waals surface area contributed by atoms with Gasteiger partial charge in [-0.3, -0.25) is 10.1 Å². The molecule has 0 spiro atoms. The van der Waals surface area contributed by atoms with Crippen molar-refractivity contribution < 1.29 is 14.7 Å². The fourth-order valence-electron chi connectivity index (χ4n) is 3.26. The number of nitrogens with one attached hydrogen (secondary N) is 1. The molecule has 0 saturated carbocycles. The van der Waals surface area contributed by atoms with Gasteiger partial charge in [-0.05, 0) is 14.0 Å². The van der Waals surface area contributed by atoms with Crippen molar-refractivity contribution in [1.29, 1.82) is 0 Å². The van der Waals surface area contributed by atoms with Crippen LogP contribution in [-0.4, -0.2) is 108 Å². The molecule has 3 atom stereocenters. The van der Waals surface area contributed by atoms with E-state index in [9.17, 15) is 14.7 Å². The minimum absolute atomic E-state index is 0.307. The third-order valence-electron chi connectivity index (χ3n) is 4.59. The molecule has 0 aliphatic carbocycles. The molecular formula is C14H24N6O3. The highest BCUT2D eigenvalue weighted by molar-refractivity contribution is 6.03. The Balaban J connectivity index is 1.88. The van der Waals surface area contributed by atoms with Crippen LogP contribution in [0.2, 0.25) is 0 Å². The van der Waals surface area contributed by atoms with Crippen LogP contribution in [0.3, 0.4) is 0 Å². The van der Waals surface area contributed by atoms with E-state index in [1.54, 1.807) is 14.0 Å². The Kier molecular flexibility index (Phi) is 4.15. The Morgan fingerprint density at radius 1 is 1.26 bits per heavy atom. The zero-order valence-corrected chi connectivity index (χ0v) is 13.8. The highest BCUT2D eigenvalue weighted by Gasteiger charge is 2.49. The first kappa shape index (κ1) is 16.0. The third kappa shape index (κ3) is 2.86. The standard InChI is InChI=1S/C14H24N6O3/c1-9(21)8-20-10-11(18(3)14(23)16-12(10)22)15-13(20)19-6-4-17(2)5-7-19/h9-11,21H,4-8H2,1-3H3,(H,16,22,23). The molecule has 9 heteroatoms. The lowest BCUT2D eigenvalue weighted by atomic mass is 10.1. The molecular weight excluding hydrogens is 300 g/mol. The number of aliphatic hydroxyl groups is 1. The number of rotatable bonds is 2. The first-order valence-electron chi connectivity index (χ1n) is 7.92. The normalized spacial score (nSPS) is 30.3. The molecule has 9 nitrogen and oxygen atoms in total. The largest absolute Gasteiger partial charge is 0.392 e. The molecule has 3 heterocycles. The summed E-state index contributed by atoms with van der Waals surface area (Å²) in [6, 6.07) is -1.02. The summed E-state index contributed by atoms with van der Waals surface area (Å²) in [4.78, 5) is 36.5. The van der Waals surface area contributed by atoms with Gasteiger partial charge in [-0.2, -0.15) is 0 Å². The van der Waals surface area contributed by atoms with E-state index in [-0.39, 0.29) is 5.91 Å². The zero-order valence-electron chi connectivity index (χ0n) is 13.8. The number of imide groups is 1. The lowest BCUT2D eigenvalue weighted by Crippen LogP contribution is -2.65. The van der Waals surface area contributed by atoms with Crippen molar-refractivity contribution in [2.24, 2.45) is 4.99 Å². The van der Waals surface area contributed by atoms with Crippen LogP contribution in [0, 0.1) is 0 Å². The third-order valence-corrected chi connectivity index (χ3v) is 4.59. The maximum Gasteiger partial charge on any atom is 0.325 e. The number of carbonyl (C=O) groups excluding carboxylic acids is 2. The predicted octanol–water partition coefficient (Wildman–Crippen LogP) is -1.84. The summed E-state index contributed by atoms with van der Waals surface area (Å²) in [7, 11) is 3.71. The van der Waals surface area contributed by atoms with Gasteiger partial charge in [0.25, 0.3) is 5.91 Å². The lowest BCUT2D eigenvalue weighted by molar-refractivity contribution is -0.127. The number of guanidine groups is 1. The Labute approximate surface area is 135 Å². The van der Waals surface area contributed by atoms with Gasteiger partial charge in [-0.15, -0.1) is 0 Å². The fourth-order valence-corrected chi connectivity index (χ4v) is 3.26. The second-order valence-electron chi connectivity index (χ2n) is 6.48. The van der Waals surface area contributed by atoms with Gasteiger partial charge in [0.05, 0.1) is 6.10 Å². The number of nitrogens with zero attached hydrogens (tertiary/aromatic N) is 5. The Bertz CT molecular complexity index is 529. The van der Waals surface area contributed by atoms with Gasteiger partial charge in [-0.1, -0.05) is 0 Å². The first-order valence-corrected chi connectivity index (χ1v) is 7.92. The molecule has 0 bridgehead atoms. The van der Waals surface area contributed by atoms with Crippen molar-refractivity contribution in [1.82, 2.24) is 24.9 Å². The number of aliphatic hydroxyl groups excluding tert-OH is 1. The van der Waals surface area contributed by atoms with Crippen molar-refractivity contribution in [2.75, 3.05) is 46.8 Å². The molecule has 128 valence electrons. The Morgan fingerprint density at radius 2 is 1.91 bits per heavy atom. The van der Waals surface area contributed by atoms with Gasteiger partial charge in [0.15, 0.2) is 18.2 Å². The quantitative estimate of drug-likeness (QED) is 0.620. The van der Waals surface area contributed by atoms with Crippen molar-refractivity contribution in [3.63, 3.8) is 0 Å². The number of carbonyl (C=O) groups is 2. The number of hydrogen-bond donors (Lipinski definition) is 2. The summed E-state index contributed by atoms with van der Waals surface area (Å²) in [6.45, 7) is 5.44. The number of urea groups is 1. The van der Waals surface area contributed by atoms with E-state index in [4.69, 9.17) is 0 Å². The summed E-state index contributed by atoms with van der Waals surface area (Å²) in [5, 5.41) is 12.2. The van der Waals surface area contributed by atoms with Crippen molar-refractivity contribution in [2.45, 2.75) is 25.2 Å². The highest BCUT2D eigenvalue weighted by Crippen LogP contribution is 2.26. The van der Waals surface area contributed by atoms with Crippen molar-refractivity contribution >= 4 is 17.9 Å². The molecule has 2 N–H and O–H groups in total. The summed E-state index contributed by atoms with van der Waals surface area (Å²) >= 11 is 0. The maximum absolute atomic E-state index is 12.3. The van der Waals surface area contributed by atoms with Gasteiger partial charge in [0, 0.05) is 39.8 Å². The number of piperazine rings is 1. The summed E-state index contributed by atoms with van der Waals surface area (Å²) in [5.74, 6) is 0.345. The Morgan fingerprint density at radius 3 is 2.52 bits per heavy atom. The summed E-state index contributed by atoms with van der Waals surface area (Å²) < 4.78 is 0. The van der Waals surface area contributed by atoms with Gasteiger partial charge in [0.2, 0.25) is 0 Å². The molecule has 2 saturated heterocycles. The van der Waals surface area contributed by atoms with E-state index in [0.717, 1.165) is 26.2 Å². The number of fused-ring (bicyclic) bond motifs is 1. The molecule has 0 aromatic heterocycles.